The van der Waals surface area contributed by atoms with Crippen LogP contribution < -0.4 is 0 Å². The summed E-state index contributed by atoms with van der Waals surface area (Å²) in [5, 5.41) is 0. The van der Waals surface area contributed by atoms with E-state index in [9.17, 15) is 0 Å². The van der Waals surface area contributed by atoms with Gasteiger partial charge in [0.1, 0.15) is 0 Å². The SMILES string of the molecule is CCC1CN2CCC1CC2C. The number of piperidine rings is 3. The number of rotatable bonds is 1. The van der Waals surface area contributed by atoms with Gasteiger partial charge in [-0.2, -0.15) is 0 Å². The van der Waals surface area contributed by atoms with E-state index in [2.05, 4.69) is 18.7 Å². The highest BCUT2D eigenvalue weighted by molar-refractivity contribution is 4.90. The first kappa shape index (κ1) is 7.60. The van der Waals surface area contributed by atoms with E-state index in [1.54, 1.807) is 0 Å². The average Bonchev–Trinajstić information content (AvgIpc) is 2.05. The molecule has 0 N–H and O–H groups in total. The largest absolute Gasteiger partial charge is 0.300 e. The number of nitrogens with zero attached hydrogens (tertiary/aromatic N) is 1. The molecule has 4 atom stereocenters. The monoisotopic (exact) mass is 153 g/mol. The third kappa shape index (κ3) is 1.20. The number of hydrogen-bond donors (Lipinski definition) is 0. The third-order valence-corrected chi connectivity index (χ3v) is 3.71. The van der Waals surface area contributed by atoms with Crippen molar-refractivity contribution < 1.29 is 0 Å². The predicted molar refractivity (Wildman–Crippen MR) is 47.5 cm³/mol. The van der Waals surface area contributed by atoms with Crippen LogP contribution in [0.4, 0.5) is 0 Å². The molecular weight excluding hydrogens is 134 g/mol. The molecule has 11 heavy (non-hydrogen) atoms. The summed E-state index contributed by atoms with van der Waals surface area (Å²) >= 11 is 0. The van der Waals surface area contributed by atoms with Crippen molar-refractivity contribution in [3.05, 3.63) is 0 Å². The Morgan fingerprint density at radius 2 is 2.27 bits per heavy atom. The predicted octanol–water partition coefficient (Wildman–Crippen LogP) is 2.13. The minimum Gasteiger partial charge on any atom is -0.300 e. The fraction of sp³-hybridized carbons (Fsp3) is 1.00. The van der Waals surface area contributed by atoms with Crippen LogP contribution in [0.2, 0.25) is 0 Å². The van der Waals surface area contributed by atoms with Gasteiger partial charge in [-0.3, -0.25) is 0 Å². The summed E-state index contributed by atoms with van der Waals surface area (Å²) in [7, 11) is 0. The molecule has 0 saturated carbocycles. The second-order valence-corrected chi connectivity index (χ2v) is 4.30. The van der Waals surface area contributed by atoms with Gasteiger partial charge in [0.2, 0.25) is 0 Å². The molecule has 4 unspecified atom stereocenters. The minimum absolute atomic E-state index is 0.886. The van der Waals surface area contributed by atoms with Crippen molar-refractivity contribution in [1.82, 2.24) is 4.90 Å². The van der Waals surface area contributed by atoms with Crippen molar-refractivity contribution in [2.75, 3.05) is 13.1 Å². The Labute approximate surface area is 69.8 Å². The van der Waals surface area contributed by atoms with Crippen LogP contribution in [0.3, 0.4) is 0 Å². The average molecular weight is 153 g/mol. The lowest BCUT2D eigenvalue weighted by molar-refractivity contribution is 0.00763. The second kappa shape index (κ2) is 2.78. The Morgan fingerprint density at radius 1 is 1.45 bits per heavy atom. The molecule has 0 amide bonds. The van der Waals surface area contributed by atoms with Gasteiger partial charge in [0.15, 0.2) is 0 Å². The highest BCUT2D eigenvalue weighted by atomic mass is 15.2. The zero-order chi connectivity index (χ0) is 7.84. The Balaban J connectivity index is 2.04. The molecule has 3 saturated heterocycles. The molecule has 1 nitrogen and oxygen atoms in total. The Hall–Kier alpha value is -0.0400. The van der Waals surface area contributed by atoms with Gasteiger partial charge in [-0.1, -0.05) is 13.3 Å². The van der Waals surface area contributed by atoms with Gasteiger partial charge in [0.25, 0.3) is 0 Å². The van der Waals surface area contributed by atoms with Crippen molar-refractivity contribution in [3.63, 3.8) is 0 Å². The van der Waals surface area contributed by atoms with Crippen molar-refractivity contribution >= 4 is 0 Å². The lowest BCUT2D eigenvalue weighted by Gasteiger charge is -2.48. The van der Waals surface area contributed by atoms with E-state index in [0.717, 1.165) is 17.9 Å². The molecule has 3 aliphatic rings. The molecule has 0 radical (unpaired) electrons. The lowest BCUT2D eigenvalue weighted by atomic mass is 9.75. The van der Waals surface area contributed by atoms with Crippen molar-refractivity contribution in [2.24, 2.45) is 11.8 Å². The van der Waals surface area contributed by atoms with Crippen LogP contribution in [-0.2, 0) is 0 Å². The number of fused-ring (bicyclic) bond motifs is 3. The summed E-state index contributed by atoms with van der Waals surface area (Å²) in [4.78, 5) is 2.67. The van der Waals surface area contributed by atoms with Crippen LogP contribution in [0.5, 0.6) is 0 Å². The van der Waals surface area contributed by atoms with Crippen molar-refractivity contribution in [2.45, 2.75) is 39.2 Å². The summed E-state index contributed by atoms with van der Waals surface area (Å²) < 4.78 is 0. The molecule has 3 heterocycles. The van der Waals surface area contributed by atoms with Gasteiger partial charge in [0.05, 0.1) is 0 Å². The topological polar surface area (TPSA) is 3.24 Å². The van der Waals surface area contributed by atoms with Crippen LogP contribution in [0.25, 0.3) is 0 Å². The molecular formula is C10H19N. The summed E-state index contributed by atoms with van der Waals surface area (Å²) in [5.41, 5.74) is 0. The first-order valence-corrected chi connectivity index (χ1v) is 5.05. The smallest absolute Gasteiger partial charge is 0.00698 e. The van der Waals surface area contributed by atoms with Gasteiger partial charge in [-0.25, -0.2) is 0 Å². The lowest BCUT2D eigenvalue weighted by Crippen LogP contribution is -2.51. The first-order chi connectivity index (χ1) is 5.31. The van der Waals surface area contributed by atoms with Gasteiger partial charge in [0, 0.05) is 12.6 Å². The maximum absolute atomic E-state index is 2.67. The summed E-state index contributed by atoms with van der Waals surface area (Å²) in [5.74, 6) is 2.10. The molecule has 3 rings (SSSR count). The molecule has 2 bridgehead atoms. The molecule has 0 aliphatic carbocycles. The van der Waals surface area contributed by atoms with E-state index in [4.69, 9.17) is 0 Å². The highest BCUT2D eigenvalue weighted by Crippen LogP contribution is 2.37. The molecule has 0 aromatic rings. The van der Waals surface area contributed by atoms with Crippen LogP contribution >= 0.6 is 0 Å². The zero-order valence-electron chi connectivity index (χ0n) is 7.71. The van der Waals surface area contributed by atoms with E-state index >= 15 is 0 Å². The van der Waals surface area contributed by atoms with E-state index in [1.165, 1.54) is 32.4 Å². The third-order valence-electron chi connectivity index (χ3n) is 3.71. The molecule has 0 spiro atoms. The minimum atomic E-state index is 0.886. The quantitative estimate of drug-likeness (QED) is 0.558. The van der Waals surface area contributed by atoms with E-state index in [1.807, 2.05) is 0 Å². The van der Waals surface area contributed by atoms with E-state index < -0.39 is 0 Å². The number of hydrogen-bond acceptors (Lipinski definition) is 1. The van der Waals surface area contributed by atoms with Gasteiger partial charge in [-0.05, 0) is 38.1 Å². The Morgan fingerprint density at radius 3 is 2.73 bits per heavy atom. The van der Waals surface area contributed by atoms with Crippen LogP contribution in [-0.4, -0.2) is 24.0 Å². The van der Waals surface area contributed by atoms with Crippen molar-refractivity contribution in [3.8, 4) is 0 Å². The molecule has 64 valence electrons. The molecule has 3 aliphatic heterocycles. The second-order valence-electron chi connectivity index (χ2n) is 4.30. The van der Waals surface area contributed by atoms with Crippen molar-refractivity contribution in [1.29, 1.82) is 0 Å². The summed E-state index contributed by atoms with van der Waals surface area (Å²) in [6, 6.07) is 0.886. The fourth-order valence-electron chi connectivity index (χ4n) is 2.87. The maximum Gasteiger partial charge on any atom is 0.00698 e. The molecule has 1 heteroatoms. The van der Waals surface area contributed by atoms with Crippen LogP contribution in [0.15, 0.2) is 0 Å². The normalized spacial score (nSPS) is 49.6. The Kier molecular flexibility index (Phi) is 1.92. The van der Waals surface area contributed by atoms with E-state index in [0.29, 0.717) is 0 Å². The van der Waals surface area contributed by atoms with Gasteiger partial charge in [-0.15, -0.1) is 0 Å². The van der Waals surface area contributed by atoms with Crippen LogP contribution in [0.1, 0.15) is 33.1 Å². The van der Waals surface area contributed by atoms with Crippen LogP contribution in [0, 0.1) is 11.8 Å². The van der Waals surface area contributed by atoms with Gasteiger partial charge >= 0.3 is 0 Å². The molecule has 3 fully saturated rings. The summed E-state index contributed by atoms with van der Waals surface area (Å²) in [6.07, 6.45) is 4.34. The highest BCUT2D eigenvalue weighted by Gasteiger charge is 2.36. The Bertz CT molecular complexity index is 144. The fourth-order valence-corrected chi connectivity index (χ4v) is 2.87. The van der Waals surface area contributed by atoms with E-state index in [-0.39, 0.29) is 0 Å². The standard InChI is InChI=1S/C10H19N/c1-3-9-7-11-5-4-10(9)6-8(11)2/h8-10H,3-7H2,1-2H3. The summed E-state index contributed by atoms with van der Waals surface area (Å²) in [6.45, 7) is 7.50. The van der Waals surface area contributed by atoms with Gasteiger partial charge < -0.3 is 4.90 Å². The first-order valence-electron chi connectivity index (χ1n) is 5.05. The maximum atomic E-state index is 2.67. The molecule has 0 aromatic heterocycles. The molecule has 0 aromatic carbocycles. The zero-order valence-corrected chi connectivity index (χ0v) is 7.71.